The monoisotopic (exact) mass is 342 g/mol. The van der Waals surface area contributed by atoms with E-state index in [1.165, 1.54) is 18.2 Å². The summed E-state index contributed by atoms with van der Waals surface area (Å²) in [6.45, 7) is 2.53. The molecule has 2 saturated heterocycles. The van der Waals surface area contributed by atoms with Crippen molar-refractivity contribution < 1.29 is 22.7 Å². The van der Waals surface area contributed by atoms with Crippen molar-refractivity contribution in [2.45, 2.75) is 31.9 Å². The van der Waals surface area contributed by atoms with E-state index < -0.39 is 17.8 Å². The minimum Gasteiger partial charge on any atom is -0.381 e. The Morgan fingerprint density at radius 1 is 1.17 bits per heavy atom. The van der Waals surface area contributed by atoms with E-state index in [1.54, 1.807) is 4.90 Å². The average molecular weight is 342 g/mol. The summed E-state index contributed by atoms with van der Waals surface area (Å²) < 4.78 is 44.5. The highest BCUT2D eigenvalue weighted by Gasteiger charge is 2.39. The van der Waals surface area contributed by atoms with E-state index >= 15 is 0 Å². The maximum atomic E-state index is 13.0. The lowest BCUT2D eigenvalue weighted by atomic mass is 9.74. The molecule has 2 amide bonds. The highest BCUT2D eigenvalue weighted by Crippen LogP contribution is 2.39. The fourth-order valence-electron chi connectivity index (χ4n) is 3.63. The van der Waals surface area contributed by atoms with Gasteiger partial charge in [0, 0.05) is 26.3 Å². The van der Waals surface area contributed by atoms with Gasteiger partial charge in [0.25, 0.3) is 0 Å². The molecular weight excluding hydrogens is 321 g/mol. The number of hydrogen-bond acceptors (Lipinski definition) is 2. The average Bonchev–Trinajstić information content (AvgIpc) is 2.55. The summed E-state index contributed by atoms with van der Waals surface area (Å²) in [5, 5.41) is 2.44. The van der Waals surface area contributed by atoms with Crippen molar-refractivity contribution in [3.05, 3.63) is 29.8 Å². The van der Waals surface area contributed by atoms with Gasteiger partial charge in [-0.15, -0.1) is 0 Å². The molecule has 1 spiro atoms. The Hall–Kier alpha value is -1.76. The van der Waals surface area contributed by atoms with Gasteiger partial charge in [-0.05, 0) is 43.2 Å². The first-order valence-corrected chi connectivity index (χ1v) is 8.20. The van der Waals surface area contributed by atoms with Gasteiger partial charge in [-0.25, -0.2) is 4.79 Å². The number of nitrogens with zero attached hydrogens (tertiary/aromatic N) is 1. The van der Waals surface area contributed by atoms with E-state index in [2.05, 4.69) is 5.32 Å². The number of anilines is 1. The van der Waals surface area contributed by atoms with Crippen LogP contribution in [0, 0.1) is 5.41 Å². The number of para-hydroxylation sites is 1. The summed E-state index contributed by atoms with van der Waals surface area (Å²) in [4.78, 5) is 14.1. The number of carbonyl (C=O) groups is 1. The Morgan fingerprint density at radius 2 is 1.88 bits per heavy atom. The van der Waals surface area contributed by atoms with Gasteiger partial charge in [0.05, 0.1) is 11.3 Å². The predicted octanol–water partition coefficient (Wildman–Crippen LogP) is 4.13. The molecule has 2 heterocycles. The van der Waals surface area contributed by atoms with Crippen LogP contribution in [-0.4, -0.2) is 37.2 Å². The number of rotatable bonds is 1. The fraction of sp³-hybridized carbons (Fsp3) is 0.588. The van der Waals surface area contributed by atoms with Crippen molar-refractivity contribution in [1.82, 2.24) is 4.90 Å². The molecule has 1 aromatic carbocycles. The number of amides is 2. The number of hydrogen-bond donors (Lipinski definition) is 1. The third kappa shape index (κ3) is 3.66. The molecule has 0 radical (unpaired) electrons. The number of halogens is 3. The lowest BCUT2D eigenvalue weighted by Crippen LogP contribution is -2.49. The SMILES string of the molecule is O=C(Nc1ccccc1C(F)(F)F)N1CCCC2(CCOCC2)C1. The van der Waals surface area contributed by atoms with Crippen molar-refractivity contribution >= 4 is 11.7 Å². The Labute approximate surface area is 139 Å². The number of ether oxygens (including phenoxy) is 1. The van der Waals surface area contributed by atoms with E-state index in [0.29, 0.717) is 26.3 Å². The number of urea groups is 1. The fourth-order valence-corrected chi connectivity index (χ4v) is 3.63. The van der Waals surface area contributed by atoms with Gasteiger partial charge < -0.3 is 15.0 Å². The second-order valence-corrected chi connectivity index (χ2v) is 6.61. The second-order valence-electron chi connectivity index (χ2n) is 6.61. The van der Waals surface area contributed by atoms with E-state index in [1.807, 2.05) is 0 Å². The molecule has 24 heavy (non-hydrogen) atoms. The van der Waals surface area contributed by atoms with Crippen molar-refractivity contribution in [1.29, 1.82) is 0 Å². The third-order valence-corrected chi connectivity index (χ3v) is 4.98. The molecule has 0 aliphatic carbocycles. The zero-order chi connectivity index (χ0) is 17.2. The molecular formula is C17H21F3N2O2. The number of likely N-dealkylation sites (tertiary alicyclic amines) is 1. The van der Waals surface area contributed by atoms with E-state index in [4.69, 9.17) is 4.74 Å². The minimum absolute atomic E-state index is 0.0530. The highest BCUT2D eigenvalue weighted by atomic mass is 19.4. The lowest BCUT2D eigenvalue weighted by molar-refractivity contribution is -0.136. The number of benzene rings is 1. The summed E-state index contributed by atoms with van der Waals surface area (Å²) in [5.41, 5.74) is -0.963. The molecule has 0 bridgehead atoms. The zero-order valence-corrected chi connectivity index (χ0v) is 13.4. The van der Waals surface area contributed by atoms with Crippen LogP contribution in [-0.2, 0) is 10.9 Å². The van der Waals surface area contributed by atoms with E-state index in [-0.39, 0.29) is 11.1 Å². The summed E-state index contributed by atoms with van der Waals surface area (Å²) in [6.07, 6.45) is -0.785. The molecule has 0 aromatic heterocycles. The van der Waals surface area contributed by atoms with Crippen LogP contribution in [0.15, 0.2) is 24.3 Å². The number of piperidine rings is 1. The van der Waals surface area contributed by atoms with Crippen molar-refractivity contribution in [2.75, 3.05) is 31.6 Å². The molecule has 2 fully saturated rings. The number of nitrogens with one attached hydrogen (secondary N) is 1. The van der Waals surface area contributed by atoms with Gasteiger partial charge in [0.15, 0.2) is 0 Å². The predicted molar refractivity (Wildman–Crippen MR) is 83.8 cm³/mol. The van der Waals surface area contributed by atoms with Crippen molar-refractivity contribution in [3.8, 4) is 0 Å². The maximum absolute atomic E-state index is 13.0. The van der Waals surface area contributed by atoms with Crippen LogP contribution >= 0.6 is 0 Å². The Balaban J connectivity index is 1.71. The zero-order valence-electron chi connectivity index (χ0n) is 13.4. The highest BCUT2D eigenvalue weighted by molar-refractivity contribution is 5.90. The molecule has 132 valence electrons. The minimum atomic E-state index is -4.49. The molecule has 2 aliphatic heterocycles. The van der Waals surface area contributed by atoms with Gasteiger partial charge in [0.1, 0.15) is 0 Å². The van der Waals surface area contributed by atoms with Crippen LogP contribution < -0.4 is 5.32 Å². The summed E-state index contributed by atoms with van der Waals surface area (Å²) in [6, 6.07) is 4.61. The first-order valence-electron chi connectivity index (χ1n) is 8.20. The third-order valence-electron chi connectivity index (χ3n) is 4.98. The van der Waals surface area contributed by atoms with Gasteiger partial charge in [-0.2, -0.15) is 13.2 Å². The topological polar surface area (TPSA) is 41.6 Å². The van der Waals surface area contributed by atoms with Crippen LogP contribution in [0.25, 0.3) is 0 Å². The second kappa shape index (κ2) is 6.63. The van der Waals surface area contributed by atoms with E-state index in [9.17, 15) is 18.0 Å². The molecule has 0 atom stereocenters. The lowest BCUT2D eigenvalue weighted by Gasteiger charge is -2.45. The molecule has 0 saturated carbocycles. The number of carbonyl (C=O) groups excluding carboxylic acids is 1. The summed E-state index contributed by atoms with van der Waals surface area (Å²) in [7, 11) is 0. The Morgan fingerprint density at radius 3 is 2.58 bits per heavy atom. The summed E-state index contributed by atoms with van der Waals surface area (Å²) >= 11 is 0. The molecule has 2 aliphatic rings. The van der Waals surface area contributed by atoms with Gasteiger partial charge in [0.2, 0.25) is 0 Å². The van der Waals surface area contributed by atoms with Crippen LogP contribution in [0.1, 0.15) is 31.2 Å². The molecule has 7 heteroatoms. The van der Waals surface area contributed by atoms with Crippen LogP contribution in [0.5, 0.6) is 0 Å². The Kier molecular flexibility index (Phi) is 4.71. The normalized spacial score (nSPS) is 20.9. The van der Waals surface area contributed by atoms with Gasteiger partial charge >= 0.3 is 12.2 Å². The number of alkyl halides is 3. The maximum Gasteiger partial charge on any atom is 0.418 e. The van der Waals surface area contributed by atoms with Gasteiger partial charge in [-0.3, -0.25) is 0 Å². The van der Waals surface area contributed by atoms with Crippen LogP contribution in [0.2, 0.25) is 0 Å². The van der Waals surface area contributed by atoms with Crippen molar-refractivity contribution in [3.63, 3.8) is 0 Å². The van der Waals surface area contributed by atoms with Gasteiger partial charge in [-0.1, -0.05) is 12.1 Å². The quantitative estimate of drug-likeness (QED) is 0.834. The van der Waals surface area contributed by atoms with Crippen LogP contribution in [0.4, 0.5) is 23.7 Å². The smallest absolute Gasteiger partial charge is 0.381 e. The first-order chi connectivity index (χ1) is 11.4. The molecule has 1 aromatic rings. The largest absolute Gasteiger partial charge is 0.418 e. The molecule has 0 unspecified atom stereocenters. The molecule has 4 nitrogen and oxygen atoms in total. The molecule has 1 N–H and O–H groups in total. The van der Waals surface area contributed by atoms with E-state index in [0.717, 1.165) is 31.7 Å². The molecule has 3 rings (SSSR count). The van der Waals surface area contributed by atoms with Crippen LogP contribution in [0.3, 0.4) is 0 Å². The first kappa shape index (κ1) is 17.1. The Bertz CT molecular complexity index is 592. The van der Waals surface area contributed by atoms with Crippen molar-refractivity contribution in [2.24, 2.45) is 5.41 Å². The standard InChI is InChI=1S/C17H21F3N2O2/c18-17(19,20)13-4-1-2-5-14(13)21-15(23)22-9-3-6-16(12-22)7-10-24-11-8-16/h1-2,4-5H,3,6-12H2,(H,21,23). The summed E-state index contributed by atoms with van der Waals surface area (Å²) in [5.74, 6) is 0.